The number of pyridine rings is 1. The molecule has 0 unspecified atom stereocenters. The first-order valence-electron chi connectivity index (χ1n) is 9.79. The smallest absolute Gasteiger partial charge is 0.193 e. The van der Waals surface area contributed by atoms with Crippen molar-refractivity contribution in [3.63, 3.8) is 0 Å². The van der Waals surface area contributed by atoms with Crippen LogP contribution in [0.2, 0.25) is 0 Å². The highest BCUT2D eigenvalue weighted by molar-refractivity contribution is 5.80. The molecule has 0 fully saturated rings. The second-order valence-corrected chi connectivity index (χ2v) is 7.05. The fourth-order valence-corrected chi connectivity index (χ4v) is 3.44. The summed E-state index contributed by atoms with van der Waals surface area (Å²) >= 11 is 0. The Bertz CT molecular complexity index is 1370. The summed E-state index contributed by atoms with van der Waals surface area (Å²) in [6, 6.07) is 16.6. The molecule has 6 nitrogen and oxygen atoms in total. The molecule has 0 N–H and O–H groups in total. The Hall–Kier alpha value is -3.93. The van der Waals surface area contributed by atoms with Crippen molar-refractivity contribution in [1.82, 2.24) is 14.4 Å². The van der Waals surface area contributed by atoms with Crippen LogP contribution in [0.3, 0.4) is 0 Å². The summed E-state index contributed by atoms with van der Waals surface area (Å²) in [6.45, 7) is 0.568. The lowest BCUT2D eigenvalue weighted by Crippen LogP contribution is -2.03. The summed E-state index contributed by atoms with van der Waals surface area (Å²) in [7, 11) is 0. The fraction of sp³-hybridized carbons (Fsp3) is 0.125. The van der Waals surface area contributed by atoms with Crippen molar-refractivity contribution in [2.45, 2.75) is 12.8 Å². The summed E-state index contributed by atoms with van der Waals surface area (Å²) in [5.74, 6) is 1.10. The predicted octanol–water partition coefficient (Wildman–Crippen LogP) is 4.51. The second-order valence-electron chi connectivity index (χ2n) is 7.05. The average molecular weight is 397 g/mol. The zero-order valence-corrected chi connectivity index (χ0v) is 16.2. The maximum Gasteiger partial charge on any atom is 0.193 e. The number of benzene rings is 1. The zero-order valence-electron chi connectivity index (χ0n) is 16.2. The summed E-state index contributed by atoms with van der Waals surface area (Å²) < 4.78 is 13.7. The molecule has 1 aromatic carbocycles. The molecular weight excluding hydrogens is 378 g/mol. The number of rotatable bonds is 6. The van der Waals surface area contributed by atoms with E-state index in [0.717, 1.165) is 18.4 Å². The Morgan fingerprint density at radius 2 is 1.93 bits per heavy atom. The molecule has 6 heteroatoms. The molecular formula is C24H19N3O3. The summed E-state index contributed by atoms with van der Waals surface area (Å²) in [4.78, 5) is 21.1. The topological polar surface area (TPSA) is 69.6 Å². The third kappa shape index (κ3) is 3.67. The van der Waals surface area contributed by atoms with Crippen LogP contribution >= 0.6 is 0 Å². The normalized spacial score (nSPS) is 11.2. The Morgan fingerprint density at radius 3 is 2.83 bits per heavy atom. The van der Waals surface area contributed by atoms with E-state index in [4.69, 9.17) is 9.15 Å². The molecule has 0 amide bonds. The number of nitrogens with zero attached hydrogens (tertiary/aromatic N) is 3. The first-order valence-corrected chi connectivity index (χ1v) is 9.79. The monoisotopic (exact) mass is 397 g/mol. The van der Waals surface area contributed by atoms with E-state index < -0.39 is 0 Å². The number of fused-ring (bicyclic) bond motifs is 2. The van der Waals surface area contributed by atoms with E-state index in [0.29, 0.717) is 34.8 Å². The van der Waals surface area contributed by atoms with Gasteiger partial charge in [0.1, 0.15) is 17.0 Å². The maximum absolute atomic E-state index is 12.7. The van der Waals surface area contributed by atoms with Gasteiger partial charge in [-0.05, 0) is 66.9 Å². The molecule has 0 spiro atoms. The van der Waals surface area contributed by atoms with Gasteiger partial charge >= 0.3 is 0 Å². The third-order valence-electron chi connectivity index (χ3n) is 5.00. The van der Waals surface area contributed by atoms with Crippen LogP contribution in [0.4, 0.5) is 0 Å². The van der Waals surface area contributed by atoms with Crippen molar-refractivity contribution >= 4 is 16.5 Å². The summed E-state index contributed by atoms with van der Waals surface area (Å²) in [5, 5.41) is 0.495. The summed E-state index contributed by atoms with van der Waals surface area (Å²) in [5.41, 5.74) is 3.23. The zero-order chi connectivity index (χ0) is 20.3. The van der Waals surface area contributed by atoms with Gasteiger partial charge in [0.25, 0.3) is 0 Å². The molecule has 5 aromatic rings. The SMILES string of the molecule is O=c1cc(-c2cc3cccn3cn2)oc2ccc(OCCCc3ccncc3)cc12. The molecule has 0 aliphatic carbocycles. The lowest BCUT2D eigenvalue weighted by molar-refractivity contribution is 0.311. The van der Waals surface area contributed by atoms with Crippen LogP contribution in [0.15, 0.2) is 88.7 Å². The fourth-order valence-electron chi connectivity index (χ4n) is 3.44. The minimum atomic E-state index is -0.120. The van der Waals surface area contributed by atoms with Crippen LogP contribution in [0, 0.1) is 0 Å². The van der Waals surface area contributed by atoms with Gasteiger partial charge in [-0.25, -0.2) is 4.98 Å². The first-order chi connectivity index (χ1) is 14.8. The van der Waals surface area contributed by atoms with Gasteiger partial charge in [0.15, 0.2) is 11.2 Å². The Morgan fingerprint density at radius 1 is 1.03 bits per heavy atom. The number of hydrogen-bond acceptors (Lipinski definition) is 5. The van der Waals surface area contributed by atoms with Crippen molar-refractivity contribution in [3.05, 3.63) is 95.3 Å². The molecule has 0 atom stereocenters. The Balaban J connectivity index is 1.34. The quantitative estimate of drug-likeness (QED) is 0.394. The van der Waals surface area contributed by atoms with E-state index in [1.807, 2.05) is 47.0 Å². The van der Waals surface area contributed by atoms with Crippen LogP contribution in [0.1, 0.15) is 12.0 Å². The predicted molar refractivity (Wildman–Crippen MR) is 115 cm³/mol. The number of aromatic nitrogens is 3. The van der Waals surface area contributed by atoms with Crippen LogP contribution in [-0.4, -0.2) is 21.0 Å². The largest absolute Gasteiger partial charge is 0.494 e. The van der Waals surface area contributed by atoms with Gasteiger partial charge in [0.2, 0.25) is 0 Å². The number of aryl methyl sites for hydroxylation is 1. The average Bonchev–Trinajstić information content (AvgIpc) is 3.25. The molecule has 0 aliphatic heterocycles. The van der Waals surface area contributed by atoms with E-state index in [-0.39, 0.29) is 5.43 Å². The molecule has 5 rings (SSSR count). The lowest BCUT2D eigenvalue weighted by Gasteiger charge is -2.08. The van der Waals surface area contributed by atoms with Crippen LogP contribution < -0.4 is 10.2 Å². The minimum absolute atomic E-state index is 0.120. The standard InChI is InChI=1S/C24H19N3O3/c28-22-15-24(21-13-18-4-1-11-27(18)16-26-21)30-23-6-5-19(14-20(22)23)29-12-2-3-17-7-9-25-10-8-17/h1,4-11,13-16H,2-3,12H2. The number of hydrogen-bond donors (Lipinski definition) is 0. The molecule has 0 saturated heterocycles. The molecule has 4 heterocycles. The Kier molecular flexibility index (Phi) is 4.73. The highest BCUT2D eigenvalue weighted by Crippen LogP contribution is 2.24. The third-order valence-corrected chi connectivity index (χ3v) is 5.00. The maximum atomic E-state index is 12.7. The van der Waals surface area contributed by atoms with Gasteiger partial charge in [-0.15, -0.1) is 0 Å². The molecule has 148 valence electrons. The van der Waals surface area contributed by atoms with E-state index in [9.17, 15) is 4.79 Å². The van der Waals surface area contributed by atoms with Gasteiger partial charge < -0.3 is 13.6 Å². The molecule has 0 radical (unpaired) electrons. The molecule has 30 heavy (non-hydrogen) atoms. The molecule has 0 bridgehead atoms. The molecule has 4 aromatic heterocycles. The van der Waals surface area contributed by atoms with Crippen molar-refractivity contribution in [2.75, 3.05) is 6.61 Å². The van der Waals surface area contributed by atoms with Crippen molar-refractivity contribution in [1.29, 1.82) is 0 Å². The lowest BCUT2D eigenvalue weighted by atomic mass is 10.1. The van der Waals surface area contributed by atoms with Crippen LogP contribution in [-0.2, 0) is 6.42 Å². The first kappa shape index (κ1) is 18.1. The van der Waals surface area contributed by atoms with Gasteiger partial charge in [-0.2, -0.15) is 0 Å². The highest BCUT2D eigenvalue weighted by atomic mass is 16.5. The van der Waals surface area contributed by atoms with E-state index in [2.05, 4.69) is 9.97 Å². The van der Waals surface area contributed by atoms with Gasteiger partial charge in [-0.1, -0.05) is 0 Å². The van der Waals surface area contributed by atoms with Crippen molar-refractivity contribution < 1.29 is 9.15 Å². The minimum Gasteiger partial charge on any atom is -0.494 e. The van der Waals surface area contributed by atoms with Gasteiger partial charge in [0.05, 0.1) is 18.3 Å². The molecule has 0 aliphatic rings. The highest BCUT2D eigenvalue weighted by Gasteiger charge is 2.10. The van der Waals surface area contributed by atoms with Gasteiger partial charge in [-0.3, -0.25) is 9.78 Å². The second kappa shape index (κ2) is 7.83. The van der Waals surface area contributed by atoms with Gasteiger partial charge in [0, 0.05) is 30.2 Å². The van der Waals surface area contributed by atoms with E-state index >= 15 is 0 Å². The van der Waals surface area contributed by atoms with Crippen molar-refractivity contribution in [2.24, 2.45) is 0 Å². The Labute approximate surface area is 172 Å². The number of ether oxygens (including phenoxy) is 1. The molecule has 0 saturated carbocycles. The van der Waals surface area contributed by atoms with Crippen molar-refractivity contribution in [3.8, 4) is 17.2 Å². The van der Waals surface area contributed by atoms with E-state index in [1.54, 1.807) is 30.9 Å². The van der Waals surface area contributed by atoms with Crippen LogP contribution in [0.25, 0.3) is 27.9 Å². The van der Waals surface area contributed by atoms with Crippen LogP contribution in [0.5, 0.6) is 5.75 Å². The van der Waals surface area contributed by atoms with E-state index in [1.165, 1.54) is 11.6 Å². The summed E-state index contributed by atoms with van der Waals surface area (Å²) in [6.07, 6.45) is 9.00.